The van der Waals surface area contributed by atoms with E-state index in [1.807, 2.05) is 79.7 Å². The Kier molecular flexibility index (Phi) is 28.6. The van der Waals surface area contributed by atoms with Crippen molar-refractivity contribution in [3.05, 3.63) is 143 Å². The number of halogens is 12. The van der Waals surface area contributed by atoms with E-state index in [1.54, 1.807) is 0 Å². The van der Waals surface area contributed by atoms with Crippen LogP contribution in [0.2, 0.25) is 55.9 Å². The minimum absolute atomic E-state index is 0.0223. The van der Waals surface area contributed by atoms with Crippen LogP contribution in [0.5, 0.6) is 0 Å². The number of ketones is 1. The van der Waals surface area contributed by atoms with Crippen molar-refractivity contribution in [2.45, 2.75) is 313 Å². The molecule has 9 nitrogen and oxygen atoms in total. The third kappa shape index (κ3) is 21.2. The van der Waals surface area contributed by atoms with Crippen molar-refractivity contribution in [2.75, 3.05) is 19.4 Å². The molecule has 6 saturated carbocycles. The highest BCUT2D eigenvalue weighted by Crippen LogP contribution is 2.69. The normalized spacial score (nSPS) is 28.2. The second-order valence-electron chi connectivity index (χ2n) is 37.2. The monoisotopic (exact) mass is 1630 g/mol. The summed E-state index contributed by atoms with van der Waals surface area (Å²) < 4.78 is 199. The van der Waals surface area contributed by atoms with Crippen molar-refractivity contribution in [1.82, 2.24) is 0 Å². The molecule has 0 bridgehead atoms. The van der Waals surface area contributed by atoms with Crippen molar-refractivity contribution in [1.29, 1.82) is 0 Å². The highest BCUT2D eigenvalue weighted by Gasteiger charge is 2.72. The van der Waals surface area contributed by atoms with E-state index in [9.17, 15) is 77.4 Å². The van der Waals surface area contributed by atoms with Crippen LogP contribution in [0, 0.1) is 33.5 Å². The fourth-order valence-electron chi connectivity index (χ4n) is 17.3. The standard InChI is InChI=1S/C32H51O3PSi2.C27H34F6O3.C22H30F6O2Si.C4H8O/c1-31(2,3)37(7,8)34-27-23-26(24-28(25-27)35-38(9,10)32(4,5)6)21-22-36(33,29-17-13-11-14-18-29)30-19-15-12-16-20-30;1-23-9-2-4-18(6-5-17-14-19(34)16-20(35)15-17)21(23)7-8-22(23)24(12-13-24)10-3-11-25(36,26(28,29)30)27(31,32)33;1-18-10-5-7-16(29)15(18)8-9-17(18)19(13-14-19)11-6-12-20(21(23,24)25,22(26,27)28)30-31(2,3)4;1-2-4-5-3-1/h11-21,27-28H,22-25H2,1-10H3;3,5-6,8,11,19-21,34-36H,2,4,7,9-10,12-16H2,1H3;6,9,12,15H,5,7-8,10-11,13-14H2,1-4H3;1-4H2/b;11-3-,17-5?,18-6+;12-6-;/t27-,28?;19-,20?,21?,23+;15?,18-;/m110./s1. The molecule has 3 N–H and O–H groups in total. The predicted octanol–water partition coefficient (Wildman–Crippen LogP) is 23.3. The molecule has 0 spiro atoms. The van der Waals surface area contributed by atoms with Crippen molar-refractivity contribution in [2.24, 2.45) is 33.5 Å². The first-order chi connectivity index (χ1) is 50.5. The Bertz CT molecular complexity index is 3600. The Morgan fingerprint density at radius 1 is 0.545 bits per heavy atom. The highest BCUT2D eigenvalue weighted by atomic mass is 31.2. The Hall–Kier alpha value is -3.95. The number of aliphatic hydroxyl groups is 3. The maximum absolute atomic E-state index is 14.6. The summed E-state index contributed by atoms with van der Waals surface area (Å²) in [5.74, 6) is 0.306. The third-order valence-corrected chi connectivity index (χ3v) is 38.6. The van der Waals surface area contributed by atoms with Crippen LogP contribution < -0.4 is 10.6 Å². The molecule has 0 amide bonds. The number of carbonyl (C=O) groups is 1. The van der Waals surface area contributed by atoms with Crippen LogP contribution in [0.1, 0.15) is 197 Å². The zero-order valence-corrected chi connectivity index (χ0v) is 71.3. The van der Waals surface area contributed by atoms with Gasteiger partial charge in [0, 0.05) is 42.3 Å². The molecule has 1 saturated heterocycles. The SMILES string of the molecule is C1CCOC1.CC(C)(C)[Si](C)(C)OC1CC(=CCP(=O)(c2ccccc2)c2ccccc2)C[C@@H](O[Si](C)(C)C(C)(C)C)C1.C[C@]12CCC/C(=C\C=C3CC(O)C[C@H](O)C3)C1CC=C2C1(C/C=C\C(O)(C(F)(F)F)C(F)(F)F)CC1.C[C@]12CCCC(=O)C1CC=C2C1(C/C=C\C(O[Si](C)(C)C)(C(F)(F)F)C(F)(F)F)CC1. The minimum atomic E-state index is -5.86. The van der Waals surface area contributed by atoms with Gasteiger partial charge in [-0.25, -0.2) is 0 Å². The zero-order valence-electron chi connectivity index (χ0n) is 67.4. The van der Waals surface area contributed by atoms with E-state index in [-0.39, 0.29) is 75.7 Å². The van der Waals surface area contributed by atoms with Gasteiger partial charge in [-0.05, 0) is 230 Å². The number of rotatable bonds is 19. The van der Waals surface area contributed by atoms with Gasteiger partial charge in [0.05, 0.1) is 24.4 Å². The van der Waals surface area contributed by atoms with E-state index in [4.69, 9.17) is 18.0 Å². The van der Waals surface area contributed by atoms with Gasteiger partial charge in [0.2, 0.25) is 0 Å². The summed E-state index contributed by atoms with van der Waals surface area (Å²) in [7, 11) is -9.88. The lowest BCUT2D eigenvalue weighted by molar-refractivity contribution is -0.347. The van der Waals surface area contributed by atoms with Crippen LogP contribution >= 0.6 is 7.14 Å². The first-order valence-electron chi connectivity index (χ1n) is 39.6. The van der Waals surface area contributed by atoms with Gasteiger partial charge >= 0.3 is 24.7 Å². The average Bonchev–Trinajstić information content (AvgIpc) is 1.62. The van der Waals surface area contributed by atoms with Crippen LogP contribution in [-0.4, -0.2) is 126 Å². The maximum Gasteiger partial charge on any atom is 0.429 e. The Balaban J connectivity index is 0.000000201. The first-order valence-corrected chi connectivity index (χ1v) is 50.7. The van der Waals surface area contributed by atoms with E-state index >= 15 is 0 Å². The number of Topliss-reactive ketones (excluding diaryl/α,β-unsaturated/α-hetero) is 1. The average molecular weight is 1630 g/mol. The second kappa shape index (κ2) is 34.3. The number of hydrogen-bond donors (Lipinski definition) is 3. The Morgan fingerprint density at radius 2 is 0.973 bits per heavy atom. The van der Waals surface area contributed by atoms with Crippen molar-refractivity contribution >= 4 is 48.5 Å². The van der Waals surface area contributed by atoms with Gasteiger partial charge in [-0.2, -0.15) is 52.7 Å². The molecule has 4 unspecified atom stereocenters. The topological polar surface area (TPSA) is 132 Å². The number of aliphatic hydroxyl groups excluding tert-OH is 2. The van der Waals surface area contributed by atoms with Gasteiger partial charge in [-0.1, -0.05) is 186 Å². The number of fused-ring (bicyclic) bond motifs is 2. The molecule has 0 aromatic heterocycles. The number of alkyl halides is 12. The summed E-state index contributed by atoms with van der Waals surface area (Å²) in [6.07, 6.45) is 5.05. The fourth-order valence-corrected chi connectivity index (χ4v) is 23.9. The number of benzene rings is 2. The minimum Gasteiger partial charge on any atom is -0.414 e. The molecule has 9 aliphatic rings. The van der Waals surface area contributed by atoms with Crippen molar-refractivity contribution in [3.63, 3.8) is 0 Å². The van der Waals surface area contributed by atoms with Crippen LogP contribution in [0.3, 0.4) is 0 Å². The molecule has 11 rings (SSSR count). The van der Waals surface area contributed by atoms with Gasteiger partial charge in [0.1, 0.15) is 12.9 Å². The number of allylic oxidation sites excluding steroid dienone is 10. The largest absolute Gasteiger partial charge is 0.429 e. The molecule has 2 aromatic rings. The second-order valence-corrected chi connectivity index (χ2v) is 54.1. The number of ether oxygens (including phenoxy) is 1. The lowest BCUT2D eigenvalue weighted by Crippen LogP contribution is -2.61. The molecule has 8 atom stereocenters. The summed E-state index contributed by atoms with van der Waals surface area (Å²) in [5.41, 5.74) is -4.87. The summed E-state index contributed by atoms with van der Waals surface area (Å²) in [5, 5.41) is 31.5. The summed E-state index contributed by atoms with van der Waals surface area (Å²) in [6.45, 7) is 33.3. The summed E-state index contributed by atoms with van der Waals surface area (Å²) >= 11 is 0. The molecule has 8 aliphatic carbocycles. The van der Waals surface area contributed by atoms with E-state index < -0.39 is 91.0 Å². The molecule has 1 heterocycles. The number of carbonyl (C=O) groups excluding carboxylic acids is 1. The highest BCUT2D eigenvalue weighted by molar-refractivity contribution is 7.78. The Morgan fingerprint density at radius 3 is 1.37 bits per heavy atom. The van der Waals surface area contributed by atoms with E-state index in [0.29, 0.717) is 63.9 Å². The quantitative estimate of drug-likeness (QED) is 0.0544. The molecule has 7 fully saturated rings. The molecule has 2 aromatic carbocycles. The molecule has 1 aliphatic heterocycles. The molecular weight excluding hydrogens is 1510 g/mol. The first kappa shape index (κ1) is 91.6. The number of hydrogen-bond acceptors (Lipinski definition) is 9. The van der Waals surface area contributed by atoms with Crippen molar-refractivity contribution in [3.8, 4) is 0 Å². The predicted molar refractivity (Wildman–Crippen MR) is 421 cm³/mol. The molecule has 0 radical (unpaired) electrons. The lowest BCUT2D eigenvalue weighted by atomic mass is 9.61. The van der Waals surface area contributed by atoms with Gasteiger partial charge in [-0.3, -0.25) is 4.79 Å². The van der Waals surface area contributed by atoms with E-state index in [0.717, 1.165) is 110 Å². The summed E-state index contributed by atoms with van der Waals surface area (Å²) in [4.78, 5) is 12.4. The van der Waals surface area contributed by atoms with Crippen LogP contribution in [-0.2, 0) is 27.4 Å². The molecule has 25 heteroatoms. The summed E-state index contributed by atoms with van der Waals surface area (Å²) in [6, 6.07) is 20.0. The van der Waals surface area contributed by atoms with Crippen molar-refractivity contribution < 1.29 is 95.4 Å². The Labute approximate surface area is 649 Å². The van der Waals surface area contributed by atoms with Gasteiger partial charge < -0.3 is 37.9 Å². The van der Waals surface area contributed by atoms with Crippen LogP contribution in [0.4, 0.5) is 52.7 Å². The fraction of sp³-hybridized carbons (Fsp3) is 0.682. The zero-order chi connectivity index (χ0) is 82.0. The lowest BCUT2D eigenvalue weighted by Gasteiger charge is -2.45. The smallest absolute Gasteiger partial charge is 0.414 e. The van der Waals surface area contributed by atoms with Gasteiger partial charge in [-0.15, -0.1) is 0 Å². The van der Waals surface area contributed by atoms with E-state index in [2.05, 4.69) is 92.9 Å². The third-order valence-electron chi connectivity index (χ3n) is 25.7. The van der Waals surface area contributed by atoms with Gasteiger partial charge in [0.25, 0.3) is 11.2 Å². The maximum atomic E-state index is 14.6. The molecular formula is C85H123F12O9PSi3. The van der Waals surface area contributed by atoms with Crippen LogP contribution in [0.15, 0.2) is 143 Å². The van der Waals surface area contributed by atoms with E-state index in [1.165, 1.54) is 43.6 Å². The molecule has 618 valence electrons. The van der Waals surface area contributed by atoms with Gasteiger partial charge in [0.15, 0.2) is 25.0 Å². The molecule has 110 heavy (non-hydrogen) atoms. The van der Waals surface area contributed by atoms with Crippen LogP contribution in [0.25, 0.3) is 0 Å².